The van der Waals surface area contributed by atoms with Crippen LogP contribution in [-0.2, 0) is 20.8 Å². The van der Waals surface area contributed by atoms with E-state index in [0.29, 0.717) is 38.8 Å². The molecular weight excluding hydrogens is 324 g/mol. The molecular formula is C17H24N4O4. The summed E-state index contributed by atoms with van der Waals surface area (Å²) in [6.45, 7) is 4.88. The van der Waals surface area contributed by atoms with Crippen LogP contribution in [0.5, 0.6) is 0 Å². The van der Waals surface area contributed by atoms with Crippen molar-refractivity contribution in [3.05, 3.63) is 17.0 Å². The number of amides is 2. The second-order valence-corrected chi connectivity index (χ2v) is 7.10. The largest absolute Gasteiger partial charge is 0.481 e. The molecule has 0 aromatic carbocycles. The molecule has 8 nitrogen and oxygen atoms in total. The van der Waals surface area contributed by atoms with Gasteiger partial charge in [-0.15, -0.1) is 0 Å². The first-order chi connectivity index (χ1) is 11.8. The predicted octanol–water partition coefficient (Wildman–Crippen LogP) is 0.541. The van der Waals surface area contributed by atoms with Crippen LogP contribution in [0.4, 0.5) is 0 Å². The number of aromatic amines is 1. The minimum Gasteiger partial charge on any atom is -0.481 e. The SMILES string of the molecule is Cc1[nH]nc(CCC(=O)N2CCC3(CC2)NC(=O)C[C@H]3C(=O)O)c1C. The Bertz CT molecular complexity index is 704. The lowest BCUT2D eigenvalue weighted by Crippen LogP contribution is -2.56. The van der Waals surface area contributed by atoms with Crippen LogP contribution >= 0.6 is 0 Å². The van der Waals surface area contributed by atoms with E-state index in [9.17, 15) is 19.5 Å². The van der Waals surface area contributed by atoms with E-state index in [1.807, 2.05) is 13.8 Å². The van der Waals surface area contributed by atoms with E-state index >= 15 is 0 Å². The van der Waals surface area contributed by atoms with Gasteiger partial charge >= 0.3 is 5.97 Å². The number of rotatable bonds is 4. The van der Waals surface area contributed by atoms with Crippen LogP contribution in [0, 0.1) is 19.8 Å². The molecule has 1 aromatic heterocycles. The molecule has 0 unspecified atom stereocenters. The van der Waals surface area contributed by atoms with Gasteiger partial charge in [-0.2, -0.15) is 5.10 Å². The van der Waals surface area contributed by atoms with Crippen LogP contribution in [0.15, 0.2) is 0 Å². The molecule has 1 spiro atoms. The zero-order valence-corrected chi connectivity index (χ0v) is 14.6. The Morgan fingerprint density at radius 2 is 2.00 bits per heavy atom. The van der Waals surface area contributed by atoms with E-state index < -0.39 is 17.4 Å². The summed E-state index contributed by atoms with van der Waals surface area (Å²) in [5.74, 6) is -1.81. The Morgan fingerprint density at radius 3 is 2.56 bits per heavy atom. The number of aryl methyl sites for hydroxylation is 2. The Balaban J connectivity index is 1.56. The summed E-state index contributed by atoms with van der Waals surface area (Å²) in [4.78, 5) is 37.3. The van der Waals surface area contributed by atoms with E-state index in [4.69, 9.17) is 0 Å². The van der Waals surface area contributed by atoms with Gasteiger partial charge in [-0.3, -0.25) is 19.5 Å². The lowest BCUT2D eigenvalue weighted by Gasteiger charge is -2.41. The fourth-order valence-electron chi connectivity index (χ4n) is 3.91. The normalized spacial score (nSPS) is 22.2. The first-order valence-corrected chi connectivity index (χ1v) is 8.64. The first kappa shape index (κ1) is 17.4. The van der Waals surface area contributed by atoms with Crippen LogP contribution in [0.2, 0.25) is 0 Å². The molecule has 136 valence electrons. The summed E-state index contributed by atoms with van der Waals surface area (Å²) >= 11 is 0. The van der Waals surface area contributed by atoms with Crippen molar-refractivity contribution in [2.45, 2.75) is 51.5 Å². The number of aromatic nitrogens is 2. The zero-order chi connectivity index (χ0) is 18.2. The van der Waals surface area contributed by atoms with Gasteiger partial charge in [0, 0.05) is 38.0 Å². The summed E-state index contributed by atoms with van der Waals surface area (Å²) in [6, 6.07) is 0. The fraction of sp³-hybridized carbons (Fsp3) is 0.647. The zero-order valence-electron chi connectivity index (χ0n) is 14.6. The van der Waals surface area contributed by atoms with Crippen molar-refractivity contribution in [2.24, 2.45) is 5.92 Å². The number of H-pyrrole nitrogens is 1. The van der Waals surface area contributed by atoms with Gasteiger partial charge in [-0.1, -0.05) is 0 Å². The summed E-state index contributed by atoms with van der Waals surface area (Å²) < 4.78 is 0. The van der Waals surface area contributed by atoms with Crippen molar-refractivity contribution in [3.8, 4) is 0 Å². The first-order valence-electron chi connectivity index (χ1n) is 8.64. The van der Waals surface area contributed by atoms with Gasteiger partial charge in [0.05, 0.1) is 17.2 Å². The summed E-state index contributed by atoms with van der Waals surface area (Å²) in [5, 5.41) is 19.4. The van der Waals surface area contributed by atoms with Crippen molar-refractivity contribution in [2.75, 3.05) is 13.1 Å². The molecule has 2 fully saturated rings. The standard InChI is InChI=1S/C17H24N4O4/c1-10-11(2)19-20-13(10)3-4-15(23)21-7-5-17(6-8-21)12(16(24)25)9-14(22)18-17/h12H,3-9H2,1-2H3,(H,18,22)(H,19,20)(H,24,25)/t12-/m0/s1. The third-order valence-corrected chi connectivity index (χ3v) is 5.68. The van der Waals surface area contributed by atoms with E-state index in [0.717, 1.165) is 17.0 Å². The maximum Gasteiger partial charge on any atom is 0.309 e. The summed E-state index contributed by atoms with van der Waals surface area (Å²) in [7, 11) is 0. The minimum atomic E-state index is -0.942. The molecule has 0 aliphatic carbocycles. The van der Waals surface area contributed by atoms with Gasteiger partial charge in [0.1, 0.15) is 0 Å². The van der Waals surface area contributed by atoms with Crippen molar-refractivity contribution < 1.29 is 19.5 Å². The maximum absolute atomic E-state index is 12.5. The number of piperidine rings is 1. The topological polar surface area (TPSA) is 115 Å². The van der Waals surface area contributed by atoms with Crippen molar-refractivity contribution in [3.63, 3.8) is 0 Å². The molecule has 2 aliphatic rings. The molecule has 25 heavy (non-hydrogen) atoms. The number of carboxylic acid groups (broad SMARTS) is 1. The lowest BCUT2D eigenvalue weighted by atomic mass is 9.77. The number of hydrogen-bond donors (Lipinski definition) is 3. The lowest BCUT2D eigenvalue weighted by molar-refractivity contribution is -0.145. The number of nitrogens with one attached hydrogen (secondary N) is 2. The molecule has 2 amide bonds. The second-order valence-electron chi connectivity index (χ2n) is 7.10. The Hall–Kier alpha value is -2.38. The van der Waals surface area contributed by atoms with Gasteiger partial charge < -0.3 is 15.3 Å². The van der Waals surface area contributed by atoms with Crippen LogP contribution < -0.4 is 5.32 Å². The Morgan fingerprint density at radius 1 is 1.32 bits per heavy atom. The molecule has 2 aliphatic heterocycles. The molecule has 0 bridgehead atoms. The summed E-state index contributed by atoms with van der Waals surface area (Å²) in [5.41, 5.74) is 2.31. The Kier molecular flexibility index (Phi) is 4.53. The third-order valence-electron chi connectivity index (χ3n) is 5.68. The number of carboxylic acids is 1. The average Bonchev–Trinajstić information content (AvgIpc) is 3.06. The highest BCUT2D eigenvalue weighted by molar-refractivity contribution is 5.88. The molecule has 1 aromatic rings. The smallest absolute Gasteiger partial charge is 0.309 e. The average molecular weight is 348 g/mol. The highest BCUT2D eigenvalue weighted by atomic mass is 16.4. The third kappa shape index (κ3) is 3.25. The van der Waals surface area contributed by atoms with E-state index in [-0.39, 0.29) is 18.2 Å². The number of carbonyl (C=O) groups is 3. The van der Waals surface area contributed by atoms with Crippen LogP contribution in [0.1, 0.15) is 42.6 Å². The quantitative estimate of drug-likeness (QED) is 0.734. The van der Waals surface area contributed by atoms with Crippen molar-refractivity contribution in [1.82, 2.24) is 20.4 Å². The second kappa shape index (κ2) is 6.50. The molecule has 2 saturated heterocycles. The van der Waals surface area contributed by atoms with Crippen LogP contribution in [-0.4, -0.2) is 56.6 Å². The number of carbonyl (C=O) groups excluding carboxylic acids is 2. The van der Waals surface area contributed by atoms with Crippen LogP contribution in [0.25, 0.3) is 0 Å². The van der Waals surface area contributed by atoms with Gasteiger partial charge in [-0.25, -0.2) is 0 Å². The molecule has 0 radical (unpaired) electrons. The fourth-order valence-corrected chi connectivity index (χ4v) is 3.91. The van der Waals surface area contributed by atoms with Gasteiger partial charge in [0.25, 0.3) is 0 Å². The predicted molar refractivity (Wildman–Crippen MR) is 88.8 cm³/mol. The highest BCUT2D eigenvalue weighted by Gasteiger charge is 2.51. The maximum atomic E-state index is 12.5. The molecule has 0 saturated carbocycles. The van der Waals surface area contributed by atoms with Crippen molar-refractivity contribution in [1.29, 1.82) is 0 Å². The Labute approximate surface area is 146 Å². The molecule has 1 atom stereocenters. The van der Waals surface area contributed by atoms with Crippen LogP contribution in [0.3, 0.4) is 0 Å². The van der Waals surface area contributed by atoms with Crippen molar-refractivity contribution >= 4 is 17.8 Å². The van der Waals surface area contributed by atoms with E-state index in [2.05, 4.69) is 15.5 Å². The molecule has 3 heterocycles. The number of hydrogen-bond acceptors (Lipinski definition) is 4. The minimum absolute atomic E-state index is 0.0288. The molecule has 3 rings (SSSR count). The van der Waals surface area contributed by atoms with E-state index in [1.165, 1.54) is 0 Å². The highest BCUT2D eigenvalue weighted by Crippen LogP contribution is 2.37. The number of aliphatic carboxylic acids is 1. The molecule has 8 heteroatoms. The van der Waals surface area contributed by atoms with Gasteiger partial charge in [0.2, 0.25) is 11.8 Å². The monoisotopic (exact) mass is 348 g/mol. The van der Waals surface area contributed by atoms with Gasteiger partial charge in [-0.05, 0) is 32.3 Å². The molecule has 3 N–H and O–H groups in total. The number of likely N-dealkylation sites (tertiary alicyclic amines) is 1. The summed E-state index contributed by atoms with van der Waals surface area (Å²) in [6.07, 6.45) is 1.98. The van der Waals surface area contributed by atoms with E-state index in [1.54, 1.807) is 4.90 Å². The van der Waals surface area contributed by atoms with Gasteiger partial charge in [0.15, 0.2) is 0 Å². The number of nitrogens with zero attached hydrogens (tertiary/aromatic N) is 2.